The Labute approximate surface area is 167 Å². The van der Waals surface area contributed by atoms with Gasteiger partial charge in [-0.15, -0.1) is 0 Å². The van der Waals surface area contributed by atoms with Gasteiger partial charge < -0.3 is 10.1 Å². The second kappa shape index (κ2) is 9.67. The van der Waals surface area contributed by atoms with Gasteiger partial charge in [-0.1, -0.05) is 38.0 Å². The fourth-order valence-corrected chi connectivity index (χ4v) is 2.74. The van der Waals surface area contributed by atoms with Crippen LogP contribution in [0.5, 0.6) is 0 Å². The number of unbranched alkanes of at least 4 members (excludes halogenated alkanes) is 1. The number of benzene rings is 1. The summed E-state index contributed by atoms with van der Waals surface area (Å²) < 4.78 is 4.77. The molecule has 1 aliphatic rings. The summed E-state index contributed by atoms with van der Waals surface area (Å²) in [4.78, 5) is 60.6. The molecule has 29 heavy (non-hydrogen) atoms. The summed E-state index contributed by atoms with van der Waals surface area (Å²) in [6, 6.07) is 7.53. The largest absolute Gasteiger partial charge is 0.454 e. The molecule has 0 bridgehead atoms. The molecule has 10 nitrogen and oxygen atoms in total. The van der Waals surface area contributed by atoms with E-state index in [0.717, 1.165) is 17.7 Å². The van der Waals surface area contributed by atoms with Crippen LogP contribution >= 0.6 is 0 Å². The van der Waals surface area contributed by atoms with Crippen LogP contribution in [0.25, 0.3) is 0 Å². The van der Waals surface area contributed by atoms with Crippen molar-refractivity contribution < 1.29 is 28.7 Å². The van der Waals surface area contributed by atoms with Crippen LogP contribution < -0.4 is 16.2 Å². The van der Waals surface area contributed by atoms with Gasteiger partial charge in [0.05, 0.1) is 0 Å². The van der Waals surface area contributed by atoms with E-state index in [9.17, 15) is 24.0 Å². The number of imide groups is 1. The van der Waals surface area contributed by atoms with Crippen molar-refractivity contribution in [2.75, 3.05) is 13.2 Å². The second-order valence-corrected chi connectivity index (χ2v) is 6.79. The Hall–Kier alpha value is -3.43. The van der Waals surface area contributed by atoms with E-state index in [4.69, 9.17) is 4.74 Å². The van der Waals surface area contributed by atoms with Gasteiger partial charge in [0, 0.05) is 5.56 Å². The van der Waals surface area contributed by atoms with Gasteiger partial charge in [0.1, 0.15) is 12.1 Å². The molecule has 156 valence electrons. The highest BCUT2D eigenvalue weighted by Crippen LogP contribution is 2.23. The first-order valence-corrected chi connectivity index (χ1v) is 9.21. The molecule has 5 amide bonds. The molecule has 1 saturated heterocycles. The lowest BCUT2D eigenvalue weighted by atomic mass is 9.95. The van der Waals surface area contributed by atoms with Gasteiger partial charge >= 0.3 is 12.0 Å². The predicted molar refractivity (Wildman–Crippen MR) is 101 cm³/mol. The first-order chi connectivity index (χ1) is 13.8. The molecule has 1 atom stereocenters. The molecule has 0 spiro atoms. The number of hydrogen-bond donors (Lipinski definition) is 3. The smallest absolute Gasteiger partial charge is 0.326 e. The van der Waals surface area contributed by atoms with Crippen LogP contribution in [0, 0.1) is 0 Å². The van der Waals surface area contributed by atoms with Gasteiger partial charge in [0.15, 0.2) is 6.61 Å². The number of ether oxygens (including phenoxy) is 1. The van der Waals surface area contributed by atoms with Crippen LogP contribution in [0.4, 0.5) is 4.79 Å². The molecular formula is C19H24N4O6. The number of amides is 5. The molecule has 0 aliphatic carbocycles. The molecule has 0 saturated carbocycles. The Kier molecular flexibility index (Phi) is 7.29. The van der Waals surface area contributed by atoms with E-state index in [0.29, 0.717) is 12.0 Å². The van der Waals surface area contributed by atoms with E-state index in [2.05, 4.69) is 16.2 Å². The van der Waals surface area contributed by atoms with E-state index >= 15 is 0 Å². The molecule has 0 unspecified atom stereocenters. The van der Waals surface area contributed by atoms with Crippen LogP contribution in [-0.4, -0.2) is 53.3 Å². The molecule has 1 fully saturated rings. The molecule has 1 heterocycles. The van der Waals surface area contributed by atoms with E-state index in [-0.39, 0.29) is 0 Å². The number of esters is 1. The highest BCUT2D eigenvalue weighted by Gasteiger charge is 2.47. The van der Waals surface area contributed by atoms with E-state index in [1.165, 1.54) is 0 Å². The Balaban J connectivity index is 1.76. The summed E-state index contributed by atoms with van der Waals surface area (Å²) in [5.41, 5.74) is 3.58. The van der Waals surface area contributed by atoms with Crippen molar-refractivity contribution in [3.63, 3.8) is 0 Å². The van der Waals surface area contributed by atoms with Crippen LogP contribution in [0.2, 0.25) is 0 Å². The standard InChI is InChI=1S/C19H24N4O6/c1-3-4-10-19(2)17(27)23(18(28)20-19)11-15(25)29-12-14(24)21-22-16(26)13-8-6-5-7-9-13/h5-9H,3-4,10-12H2,1-2H3,(H,20,28)(H,21,24)(H,22,26)/t19-/m1/s1. The maximum atomic E-state index is 12.4. The lowest BCUT2D eigenvalue weighted by Crippen LogP contribution is -2.45. The fourth-order valence-electron chi connectivity index (χ4n) is 2.74. The van der Waals surface area contributed by atoms with Crippen molar-refractivity contribution in [3.05, 3.63) is 35.9 Å². The van der Waals surface area contributed by atoms with Gasteiger partial charge in [-0.3, -0.25) is 34.9 Å². The normalized spacial score (nSPS) is 18.2. The molecule has 1 aromatic carbocycles. The summed E-state index contributed by atoms with van der Waals surface area (Å²) >= 11 is 0. The number of hydrazine groups is 1. The summed E-state index contributed by atoms with van der Waals surface area (Å²) in [6.07, 6.45) is 2.07. The third kappa shape index (κ3) is 5.77. The SMILES string of the molecule is CCCC[C@@]1(C)NC(=O)N(CC(=O)OCC(=O)NNC(=O)c2ccccc2)C1=O. The Bertz CT molecular complexity index is 797. The van der Waals surface area contributed by atoms with Crippen molar-refractivity contribution in [1.29, 1.82) is 0 Å². The van der Waals surface area contributed by atoms with Crippen LogP contribution in [-0.2, 0) is 19.1 Å². The molecule has 1 aromatic rings. The monoisotopic (exact) mass is 404 g/mol. The van der Waals surface area contributed by atoms with Gasteiger partial charge in [0.2, 0.25) is 0 Å². The fraction of sp³-hybridized carbons (Fsp3) is 0.421. The molecule has 0 radical (unpaired) electrons. The maximum absolute atomic E-state index is 12.4. The van der Waals surface area contributed by atoms with E-state index in [1.54, 1.807) is 37.3 Å². The summed E-state index contributed by atoms with van der Waals surface area (Å²) in [7, 11) is 0. The first kappa shape index (κ1) is 21.9. The van der Waals surface area contributed by atoms with E-state index < -0.39 is 48.4 Å². The summed E-state index contributed by atoms with van der Waals surface area (Å²) in [6.45, 7) is 2.30. The van der Waals surface area contributed by atoms with Crippen molar-refractivity contribution in [1.82, 2.24) is 21.1 Å². The average molecular weight is 404 g/mol. The minimum atomic E-state index is -1.05. The molecule has 10 heteroatoms. The lowest BCUT2D eigenvalue weighted by Gasteiger charge is -2.21. The zero-order chi connectivity index (χ0) is 21.4. The van der Waals surface area contributed by atoms with Crippen molar-refractivity contribution in [2.45, 2.75) is 38.6 Å². The second-order valence-electron chi connectivity index (χ2n) is 6.79. The van der Waals surface area contributed by atoms with E-state index in [1.807, 2.05) is 6.92 Å². The molecule has 0 aromatic heterocycles. The van der Waals surface area contributed by atoms with Crippen molar-refractivity contribution in [3.8, 4) is 0 Å². The lowest BCUT2D eigenvalue weighted by molar-refractivity contribution is -0.151. The molecule has 1 aliphatic heterocycles. The van der Waals surface area contributed by atoms with Crippen LogP contribution in [0.3, 0.4) is 0 Å². The van der Waals surface area contributed by atoms with Gasteiger partial charge in [0.25, 0.3) is 17.7 Å². The first-order valence-electron chi connectivity index (χ1n) is 9.21. The highest BCUT2D eigenvalue weighted by molar-refractivity contribution is 6.08. The minimum absolute atomic E-state index is 0.342. The number of carbonyl (C=O) groups is 5. The topological polar surface area (TPSA) is 134 Å². The number of nitrogens with one attached hydrogen (secondary N) is 3. The van der Waals surface area contributed by atoms with Crippen molar-refractivity contribution >= 4 is 29.7 Å². The van der Waals surface area contributed by atoms with Crippen LogP contribution in [0.1, 0.15) is 43.5 Å². The number of urea groups is 1. The minimum Gasteiger partial charge on any atom is -0.454 e. The zero-order valence-corrected chi connectivity index (χ0v) is 16.3. The Morgan fingerprint density at radius 1 is 1.14 bits per heavy atom. The highest BCUT2D eigenvalue weighted by atomic mass is 16.5. The number of hydrogen-bond acceptors (Lipinski definition) is 6. The summed E-state index contributed by atoms with van der Waals surface area (Å²) in [5.74, 6) is -2.73. The van der Waals surface area contributed by atoms with Crippen molar-refractivity contribution in [2.24, 2.45) is 0 Å². The molecule has 2 rings (SSSR count). The number of carbonyl (C=O) groups excluding carboxylic acids is 5. The van der Waals surface area contributed by atoms with Gasteiger partial charge in [-0.25, -0.2) is 4.79 Å². The number of nitrogens with zero attached hydrogens (tertiary/aromatic N) is 1. The Morgan fingerprint density at radius 2 is 1.83 bits per heavy atom. The summed E-state index contributed by atoms with van der Waals surface area (Å²) in [5, 5.41) is 2.59. The number of rotatable bonds is 8. The van der Waals surface area contributed by atoms with Gasteiger partial charge in [-0.2, -0.15) is 0 Å². The maximum Gasteiger partial charge on any atom is 0.326 e. The molecular weight excluding hydrogens is 380 g/mol. The molecule has 3 N–H and O–H groups in total. The predicted octanol–water partition coefficient (Wildman–Crippen LogP) is 0.492. The Morgan fingerprint density at radius 3 is 2.48 bits per heavy atom. The third-order valence-electron chi connectivity index (χ3n) is 4.38. The third-order valence-corrected chi connectivity index (χ3v) is 4.38. The van der Waals surface area contributed by atoms with Crippen LogP contribution in [0.15, 0.2) is 30.3 Å². The van der Waals surface area contributed by atoms with Gasteiger partial charge in [-0.05, 0) is 25.5 Å². The average Bonchev–Trinajstić information content (AvgIpc) is 2.92. The zero-order valence-electron chi connectivity index (χ0n) is 16.3. The quantitative estimate of drug-likeness (QED) is 0.328.